The highest BCUT2D eigenvalue weighted by Gasteiger charge is 2.43. The number of hydrogen-bond acceptors (Lipinski definition) is 9. The summed E-state index contributed by atoms with van der Waals surface area (Å²) in [7, 11) is 0. The molecule has 0 amide bonds. The third-order valence-corrected chi connectivity index (χ3v) is 11.5. The summed E-state index contributed by atoms with van der Waals surface area (Å²) in [6.07, 6.45) is 6.06. The molecule has 0 aromatic heterocycles. The summed E-state index contributed by atoms with van der Waals surface area (Å²) in [4.78, 5) is 28.5. The van der Waals surface area contributed by atoms with Crippen LogP contribution in [0.4, 0.5) is 0 Å². The Labute approximate surface area is 308 Å². The lowest BCUT2D eigenvalue weighted by atomic mass is 9.76. The molecule has 3 aliphatic heterocycles. The van der Waals surface area contributed by atoms with Crippen molar-refractivity contribution in [1.29, 1.82) is 0 Å². The summed E-state index contributed by atoms with van der Waals surface area (Å²) >= 11 is 0. The predicted octanol–water partition coefficient (Wildman–Crippen LogP) is 7.54. The van der Waals surface area contributed by atoms with Gasteiger partial charge in [0, 0.05) is 64.8 Å². The number of aliphatic hydroxyl groups excluding tert-OH is 1. The molecular formula is C42H69N3O6. The van der Waals surface area contributed by atoms with E-state index in [1.165, 1.54) is 0 Å². The first kappa shape index (κ1) is 40.2. The molecule has 5 rings (SSSR count). The fourth-order valence-corrected chi connectivity index (χ4v) is 10.7. The minimum Gasteiger partial charge on any atom is -0.459 e. The number of aliphatic hydroxyl groups is 1. The first-order chi connectivity index (χ1) is 23.3. The van der Waals surface area contributed by atoms with Crippen molar-refractivity contribution in [3.8, 4) is 0 Å². The van der Waals surface area contributed by atoms with Gasteiger partial charge in [-0.1, -0.05) is 12.1 Å². The van der Waals surface area contributed by atoms with Crippen LogP contribution >= 0.6 is 0 Å². The Morgan fingerprint density at radius 3 is 1.43 bits per heavy atom. The second kappa shape index (κ2) is 14.3. The van der Waals surface area contributed by atoms with Crippen molar-refractivity contribution in [2.45, 2.75) is 211 Å². The van der Waals surface area contributed by atoms with Gasteiger partial charge in [-0.15, -0.1) is 0 Å². The molecule has 1 aliphatic carbocycles. The Morgan fingerprint density at radius 2 is 1.00 bits per heavy atom. The van der Waals surface area contributed by atoms with Gasteiger partial charge in [0.25, 0.3) is 0 Å². The van der Waals surface area contributed by atoms with Crippen LogP contribution in [0, 0.1) is 5.92 Å². The van der Waals surface area contributed by atoms with Crippen molar-refractivity contribution in [1.82, 2.24) is 16.0 Å². The molecule has 1 aromatic carbocycles. The van der Waals surface area contributed by atoms with Crippen molar-refractivity contribution in [2.24, 2.45) is 5.92 Å². The number of carbonyl (C=O) groups excluding carboxylic acids is 2. The number of hydrogen-bond donors (Lipinski definition) is 4. The fourth-order valence-electron chi connectivity index (χ4n) is 10.7. The largest absolute Gasteiger partial charge is 0.459 e. The van der Waals surface area contributed by atoms with E-state index in [1.807, 2.05) is 12.1 Å². The molecule has 3 heterocycles. The summed E-state index contributed by atoms with van der Waals surface area (Å²) in [5, 5.41) is 22.3. The van der Waals surface area contributed by atoms with Gasteiger partial charge in [-0.05, 0) is 139 Å². The van der Waals surface area contributed by atoms with Crippen LogP contribution in [0.5, 0.6) is 0 Å². The Hall–Kier alpha value is -2.04. The van der Waals surface area contributed by atoms with Crippen LogP contribution in [0.25, 0.3) is 0 Å². The highest BCUT2D eigenvalue weighted by molar-refractivity contribution is 6.04. The lowest BCUT2D eigenvalue weighted by Gasteiger charge is -2.47. The van der Waals surface area contributed by atoms with Crippen molar-refractivity contribution < 1.29 is 28.9 Å². The van der Waals surface area contributed by atoms with E-state index in [9.17, 15) is 14.7 Å². The Kier molecular flexibility index (Phi) is 11.3. The zero-order valence-electron chi connectivity index (χ0n) is 33.8. The van der Waals surface area contributed by atoms with Crippen LogP contribution in [0.2, 0.25) is 0 Å². The highest BCUT2D eigenvalue weighted by atomic mass is 16.6. The molecule has 0 radical (unpaired) electrons. The monoisotopic (exact) mass is 712 g/mol. The molecule has 3 saturated heterocycles. The van der Waals surface area contributed by atoms with Crippen molar-refractivity contribution in [2.75, 3.05) is 0 Å². The second-order valence-electron chi connectivity index (χ2n) is 20.5. The van der Waals surface area contributed by atoms with Crippen molar-refractivity contribution >= 4 is 11.9 Å². The average molecular weight is 712 g/mol. The van der Waals surface area contributed by atoms with Gasteiger partial charge in [0.05, 0.1) is 17.2 Å². The number of benzene rings is 1. The van der Waals surface area contributed by atoms with Crippen LogP contribution in [0.15, 0.2) is 18.2 Å². The number of rotatable bonds is 8. The Bertz CT molecular complexity index is 1380. The molecule has 1 aromatic rings. The number of nitrogens with one attached hydrogen (secondary N) is 3. The zero-order valence-corrected chi connectivity index (χ0v) is 33.8. The minimum absolute atomic E-state index is 0.0109. The van der Waals surface area contributed by atoms with E-state index in [2.05, 4.69) is 99.0 Å². The number of piperidine rings is 3. The molecule has 4 N–H and O–H groups in total. The second-order valence-corrected chi connectivity index (χ2v) is 20.5. The van der Waals surface area contributed by atoms with E-state index in [4.69, 9.17) is 14.2 Å². The van der Waals surface area contributed by atoms with Gasteiger partial charge in [-0.2, -0.15) is 0 Å². The molecule has 51 heavy (non-hydrogen) atoms. The van der Waals surface area contributed by atoms with E-state index >= 15 is 0 Å². The average Bonchev–Trinajstić information content (AvgIpc) is 2.91. The van der Waals surface area contributed by atoms with Crippen LogP contribution in [0.1, 0.15) is 179 Å². The van der Waals surface area contributed by atoms with Gasteiger partial charge in [0.2, 0.25) is 0 Å². The molecule has 4 aliphatic rings. The maximum Gasteiger partial charge on any atom is 0.339 e. The summed E-state index contributed by atoms with van der Waals surface area (Å²) < 4.78 is 18.9. The van der Waals surface area contributed by atoms with E-state index < -0.39 is 18.2 Å². The van der Waals surface area contributed by atoms with Gasteiger partial charge < -0.3 is 35.3 Å². The molecule has 9 nitrogen and oxygen atoms in total. The van der Waals surface area contributed by atoms with Gasteiger partial charge >= 0.3 is 11.9 Å². The maximum atomic E-state index is 14.4. The first-order valence-corrected chi connectivity index (χ1v) is 19.6. The van der Waals surface area contributed by atoms with E-state index in [0.717, 1.165) is 44.1 Å². The lowest BCUT2D eigenvalue weighted by molar-refractivity contribution is -0.187. The van der Waals surface area contributed by atoms with Gasteiger partial charge in [-0.25, -0.2) is 9.59 Å². The normalized spacial score (nSPS) is 29.5. The van der Waals surface area contributed by atoms with E-state index in [0.29, 0.717) is 31.2 Å². The molecular weight excluding hydrogens is 642 g/mol. The summed E-state index contributed by atoms with van der Waals surface area (Å²) in [6, 6.07) is 5.58. The predicted molar refractivity (Wildman–Crippen MR) is 202 cm³/mol. The molecule has 4 fully saturated rings. The summed E-state index contributed by atoms with van der Waals surface area (Å²) in [6.45, 7) is 25.8. The molecule has 288 valence electrons. The molecule has 9 heteroatoms. The van der Waals surface area contributed by atoms with Gasteiger partial charge in [0.15, 0.2) is 6.29 Å². The van der Waals surface area contributed by atoms with Gasteiger partial charge in [0.1, 0.15) is 12.2 Å². The topological polar surface area (TPSA) is 118 Å². The molecule has 1 saturated carbocycles. The number of carbonyl (C=O) groups is 2. The standard InChI is InChI=1S/C42H69N3O6/c1-37(2)20-28(21-38(3,4)43-37)49-34(46)27-18-16-26(17-19-27)31-14-13-15-32(35(47)50-29-22-39(5,6)44-40(7,8)23-29)33(31)36(48)51-30-24-41(9,10)45-42(11,12)25-30/h13-15,26-30,34,43-46H,16-25H2,1-12H3. The van der Waals surface area contributed by atoms with Gasteiger partial charge in [-0.3, -0.25) is 0 Å². The van der Waals surface area contributed by atoms with Crippen LogP contribution in [-0.4, -0.2) is 74.9 Å². The Morgan fingerprint density at radius 1 is 0.608 bits per heavy atom. The number of esters is 2. The zero-order chi connectivity index (χ0) is 37.8. The third kappa shape index (κ3) is 10.6. The van der Waals surface area contributed by atoms with Crippen molar-refractivity contribution in [3.63, 3.8) is 0 Å². The van der Waals surface area contributed by atoms with Crippen LogP contribution in [-0.2, 0) is 14.2 Å². The van der Waals surface area contributed by atoms with Crippen LogP contribution < -0.4 is 16.0 Å². The van der Waals surface area contributed by atoms with E-state index in [1.54, 1.807) is 6.07 Å². The SMILES string of the molecule is CC1(C)CC(OC(=O)c2cccc(C3CCC(C(O)OC4CC(C)(C)NC(C)(C)C4)CC3)c2C(=O)OC2CC(C)(C)NC(C)(C)C2)CC(C)(C)N1. The minimum atomic E-state index is -0.837. The third-order valence-electron chi connectivity index (χ3n) is 11.5. The quantitative estimate of drug-likeness (QED) is 0.160. The molecule has 0 bridgehead atoms. The number of ether oxygens (including phenoxy) is 3. The van der Waals surface area contributed by atoms with Crippen LogP contribution in [0.3, 0.4) is 0 Å². The maximum absolute atomic E-state index is 14.4. The summed E-state index contributed by atoms with van der Waals surface area (Å²) in [5.74, 6) is -0.878. The lowest BCUT2D eigenvalue weighted by Crippen LogP contribution is -2.60. The molecule has 1 unspecified atom stereocenters. The fraction of sp³-hybridized carbons (Fsp3) is 0.810. The highest BCUT2D eigenvalue weighted by Crippen LogP contribution is 2.42. The van der Waals surface area contributed by atoms with E-state index in [-0.39, 0.29) is 68.9 Å². The Balaban J connectivity index is 1.36. The summed E-state index contributed by atoms with van der Waals surface area (Å²) in [5.41, 5.74) is 0.512. The first-order valence-electron chi connectivity index (χ1n) is 19.6. The molecule has 1 atom stereocenters. The smallest absolute Gasteiger partial charge is 0.339 e. The molecule has 0 spiro atoms. The van der Waals surface area contributed by atoms with Crippen molar-refractivity contribution in [3.05, 3.63) is 34.9 Å².